The van der Waals surface area contributed by atoms with Crippen LogP contribution in [-0.4, -0.2) is 17.6 Å². The van der Waals surface area contributed by atoms with Crippen molar-refractivity contribution >= 4 is 27.8 Å². The minimum absolute atomic E-state index is 0.0466. The highest BCUT2D eigenvalue weighted by Crippen LogP contribution is 2.44. The summed E-state index contributed by atoms with van der Waals surface area (Å²) in [6, 6.07) is 32.3. The molecule has 0 saturated heterocycles. The molecule has 1 aliphatic carbocycles. The van der Waals surface area contributed by atoms with Gasteiger partial charge in [-0.2, -0.15) is 0 Å². The van der Waals surface area contributed by atoms with Gasteiger partial charge in [0.05, 0.1) is 16.6 Å². The molecule has 4 aromatic carbocycles. The first-order valence-corrected chi connectivity index (χ1v) is 10.4. The van der Waals surface area contributed by atoms with E-state index in [4.69, 9.17) is 9.72 Å². The third kappa shape index (κ3) is 2.89. The van der Waals surface area contributed by atoms with Crippen molar-refractivity contribution < 1.29 is 9.53 Å². The quantitative estimate of drug-likeness (QED) is 0.261. The fraction of sp³-hybridized carbons (Fsp3) is 0.0714. The lowest BCUT2D eigenvalue weighted by Gasteiger charge is -2.15. The number of nitrogens with zero attached hydrogens (tertiary/aromatic N) is 1. The van der Waals surface area contributed by atoms with Gasteiger partial charge in [0, 0.05) is 16.7 Å². The average Bonchev–Trinajstić information content (AvgIpc) is 3.14. The summed E-state index contributed by atoms with van der Waals surface area (Å²) in [4.78, 5) is 17.8. The van der Waals surface area contributed by atoms with E-state index in [9.17, 15) is 4.79 Å². The zero-order valence-corrected chi connectivity index (χ0v) is 16.8. The maximum absolute atomic E-state index is 13.1. The third-order valence-corrected chi connectivity index (χ3v) is 6.12. The Morgan fingerprint density at radius 2 is 1.39 bits per heavy atom. The van der Waals surface area contributed by atoms with Gasteiger partial charge in [-0.1, -0.05) is 72.8 Å². The standard InChI is InChI=1S/C28H19NO2/c30-28(23-13-7-15-27-24(23)16-18-8-1-6-14-26(18)29-27)31-17-25-21-11-4-2-9-19(21)20-10-3-5-12-22(20)25/h1-16,25H,17H2. The smallest absolute Gasteiger partial charge is 0.338 e. The second-order valence-electron chi connectivity index (χ2n) is 7.88. The number of carbonyl (C=O) groups excluding carboxylic acids is 1. The summed E-state index contributed by atoms with van der Waals surface area (Å²) < 4.78 is 5.88. The van der Waals surface area contributed by atoms with Gasteiger partial charge in [-0.15, -0.1) is 0 Å². The lowest BCUT2D eigenvalue weighted by molar-refractivity contribution is 0.0496. The number of carbonyl (C=O) groups is 1. The molecule has 0 spiro atoms. The highest BCUT2D eigenvalue weighted by Gasteiger charge is 2.29. The van der Waals surface area contributed by atoms with Crippen molar-refractivity contribution in [1.29, 1.82) is 0 Å². The minimum Gasteiger partial charge on any atom is -0.461 e. The summed E-state index contributed by atoms with van der Waals surface area (Å²) in [6.45, 7) is 0.310. The molecule has 3 nitrogen and oxygen atoms in total. The molecule has 148 valence electrons. The van der Waals surface area contributed by atoms with Crippen LogP contribution < -0.4 is 0 Å². The maximum atomic E-state index is 13.1. The molecular formula is C28H19NO2. The summed E-state index contributed by atoms with van der Waals surface area (Å²) in [5, 5.41) is 1.83. The Hall–Kier alpha value is -3.98. The number of pyridine rings is 1. The molecule has 1 aliphatic rings. The van der Waals surface area contributed by atoms with Gasteiger partial charge >= 0.3 is 5.97 Å². The number of fused-ring (bicyclic) bond motifs is 5. The number of esters is 1. The average molecular weight is 401 g/mol. The predicted octanol–water partition coefficient (Wildman–Crippen LogP) is 6.36. The summed E-state index contributed by atoms with van der Waals surface area (Å²) in [5.41, 5.74) is 7.13. The van der Waals surface area contributed by atoms with E-state index < -0.39 is 0 Å². The van der Waals surface area contributed by atoms with Crippen LogP contribution in [-0.2, 0) is 4.74 Å². The largest absolute Gasteiger partial charge is 0.461 e. The first kappa shape index (κ1) is 17.8. The molecule has 1 aromatic heterocycles. The molecule has 0 aliphatic heterocycles. The molecule has 0 atom stereocenters. The minimum atomic E-state index is -0.315. The summed E-state index contributed by atoms with van der Waals surface area (Å²) >= 11 is 0. The van der Waals surface area contributed by atoms with Gasteiger partial charge in [-0.25, -0.2) is 9.78 Å². The summed E-state index contributed by atoms with van der Waals surface area (Å²) in [5.74, 6) is -0.269. The molecule has 31 heavy (non-hydrogen) atoms. The van der Waals surface area contributed by atoms with Crippen molar-refractivity contribution in [3.8, 4) is 11.1 Å². The van der Waals surface area contributed by atoms with E-state index in [2.05, 4.69) is 36.4 Å². The van der Waals surface area contributed by atoms with E-state index in [1.807, 2.05) is 60.7 Å². The zero-order chi connectivity index (χ0) is 20.8. The van der Waals surface area contributed by atoms with Gasteiger partial charge in [0.1, 0.15) is 6.61 Å². The molecule has 0 radical (unpaired) electrons. The van der Waals surface area contributed by atoms with E-state index in [1.54, 1.807) is 0 Å². The first-order valence-electron chi connectivity index (χ1n) is 10.4. The van der Waals surface area contributed by atoms with Crippen molar-refractivity contribution in [1.82, 2.24) is 4.98 Å². The number of aromatic nitrogens is 1. The number of hydrogen-bond acceptors (Lipinski definition) is 3. The van der Waals surface area contributed by atoms with Gasteiger partial charge in [0.25, 0.3) is 0 Å². The van der Waals surface area contributed by atoms with Crippen molar-refractivity contribution in [2.24, 2.45) is 0 Å². The van der Waals surface area contributed by atoms with Gasteiger partial charge in [0.2, 0.25) is 0 Å². The lowest BCUT2D eigenvalue weighted by Crippen LogP contribution is -2.13. The summed E-state index contributed by atoms with van der Waals surface area (Å²) in [7, 11) is 0. The number of ether oxygens (including phenoxy) is 1. The van der Waals surface area contributed by atoms with Crippen molar-refractivity contribution in [3.05, 3.63) is 114 Å². The number of para-hydroxylation sites is 1. The molecule has 0 saturated carbocycles. The molecule has 0 bridgehead atoms. The van der Waals surface area contributed by atoms with Crippen LogP contribution in [0.1, 0.15) is 27.4 Å². The molecule has 0 fully saturated rings. The van der Waals surface area contributed by atoms with Crippen LogP contribution in [0.15, 0.2) is 97.1 Å². The van der Waals surface area contributed by atoms with Gasteiger partial charge in [-0.3, -0.25) is 0 Å². The highest BCUT2D eigenvalue weighted by molar-refractivity contribution is 6.06. The van der Waals surface area contributed by atoms with Gasteiger partial charge < -0.3 is 4.74 Å². The Morgan fingerprint density at radius 3 is 2.16 bits per heavy atom. The fourth-order valence-electron chi connectivity index (χ4n) is 4.65. The SMILES string of the molecule is O=C(OCC1c2ccccc2-c2ccccc21)c1cccc2nc3ccccc3cc12. The lowest BCUT2D eigenvalue weighted by atomic mass is 9.98. The molecule has 1 heterocycles. The van der Waals surface area contributed by atoms with Crippen molar-refractivity contribution in [3.63, 3.8) is 0 Å². The third-order valence-electron chi connectivity index (χ3n) is 6.12. The van der Waals surface area contributed by atoms with E-state index in [1.165, 1.54) is 22.3 Å². The van der Waals surface area contributed by atoms with Crippen molar-refractivity contribution in [2.45, 2.75) is 5.92 Å². The van der Waals surface area contributed by atoms with E-state index >= 15 is 0 Å². The fourth-order valence-corrected chi connectivity index (χ4v) is 4.65. The summed E-state index contributed by atoms with van der Waals surface area (Å²) in [6.07, 6.45) is 0. The van der Waals surface area contributed by atoms with Crippen LogP contribution in [0.4, 0.5) is 0 Å². The van der Waals surface area contributed by atoms with Crippen molar-refractivity contribution in [2.75, 3.05) is 6.61 Å². The Morgan fingerprint density at radius 1 is 0.742 bits per heavy atom. The first-order chi connectivity index (χ1) is 15.3. The number of rotatable bonds is 3. The van der Waals surface area contributed by atoms with Crippen LogP contribution in [0.2, 0.25) is 0 Å². The van der Waals surface area contributed by atoms with Gasteiger partial charge in [0.15, 0.2) is 0 Å². The molecule has 0 N–H and O–H groups in total. The number of benzene rings is 4. The number of hydrogen-bond donors (Lipinski definition) is 0. The Labute approximate surface area is 179 Å². The molecular weight excluding hydrogens is 382 g/mol. The Bertz CT molecular complexity index is 1430. The topological polar surface area (TPSA) is 39.2 Å². The molecule has 5 aromatic rings. The second-order valence-corrected chi connectivity index (χ2v) is 7.88. The van der Waals surface area contributed by atoms with Crippen LogP contribution in [0, 0.1) is 0 Å². The Kier molecular flexibility index (Phi) is 4.07. The molecule has 3 heteroatoms. The van der Waals surface area contributed by atoms with Crippen LogP contribution in [0.25, 0.3) is 32.9 Å². The van der Waals surface area contributed by atoms with Gasteiger partial charge in [-0.05, 0) is 46.5 Å². The second kappa shape index (κ2) is 7.06. The zero-order valence-electron chi connectivity index (χ0n) is 16.8. The van der Waals surface area contributed by atoms with E-state index in [0.29, 0.717) is 12.2 Å². The molecule has 0 amide bonds. The Balaban J connectivity index is 1.34. The van der Waals surface area contributed by atoms with Crippen LogP contribution >= 0.6 is 0 Å². The highest BCUT2D eigenvalue weighted by atomic mass is 16.5. The molecule has 0 unspecified atom stereocenters. The predicted molar refractivity (Wildman–Crippen MR) is 123 cm³/mol. The van der Waals surface area contributed by atoms with E-state index in [0.717, 1.165) is 21.8 Å². The van der Waals surface area contributed by atoms with Crippen LogP contribution in [0.5, 0.6) is 0 Å². The van der Waals surface area contributed by atoms with E-state index in [-0.39, 0.29) is 11.9 Å². The molecule has 6 rings (SSSR count). The van der Waals surface area contributed by atoms with Crippen LogP contribution in [0.3, 0.4) is 0 Å². The maximum Gasteiger partial charge on any atom is 0.338 e. The monoisotopic (exact) mass is 401 g/mol. The normalized spacial score (nSPS) is 12.6.